The van der Waals surface area contributed by atoms with Crippen molar-refractivity contribution in [2.24, 2.45) is 0 Å². The second kappa shape index (κ2) is 9.91. The first kappa shape index (κ1) is 23.7. The summed E-state index contributed by atoms with van der Waals surface area (Å²) < 4.78 is 5.48. The molecule has 182 valence electrons. The van der Waals surface area contributed by atoms with E-state index in [0.717, 1.165) is 16.5 Å². The van der Waals surface area contributed by atoms with Gasteiger partial charge in [-0.05, 0) is 66.9 Å². The summed E-state index contributed by atoms with van der Waals surface area (Å²) in [6.07, 6.45) is 2.47. The molecular formula is C29H25ClN2O4. The van der Waals surface area contributed by atoms with Crippen LogP contribution in [-0.4, -0.2) is 39.8 Å². The molecule has 1 saturated heterocycles. The number of hydrogen-bond acceptors (Lipinski definition) is 4. The molecule has 1 aromatic heterocycles. The molecule has 1 aliphatic rings. The summed E-state index contributed by atoms with van der Waals surface area (Å²) in [7, 11) is 0. The van der Waals surface area contributed by atoms with Crippen LogP contribution in [0.4, 0.5) is 0 Å². The number of likely N-dealkylation sites (tertiary alicyclic amines) is 1. The van der Waals surface area contributed by atoms with Crippen LogP contribution in [0.2, 0.25) is 5.02 Å². The maximum atomic E-state index is 13.3. The van der Waals surface area contributed by atoms with Gasteiger partial charge in [-0.25, -0.2) is 0 Å². The molecule has 1 fully saturated rings. The van der Waals surface area contributed by atoms with Crippen LogP contribution in [0.15, 0.2) is 84.6 Å². The summed E-state index contributed by atoms with van der Waals surface area (Å²) in [4.78, 5) is 31.3. The van der Waals surface area contributed by atoms with Gasteiger partial charge in [0, 0.05) is 34.2 Å². The van der Waals surface area contributed by atoms with Gasteiger partial charge in [0.2, 0.25) is 0 Å². The topological polar surface area (TPSA) is 82.6 Å². The van der Waals surface area contributed by atoms with E-state index in [2.05, 4.69) is 4.98 Å². The van der Waals surface area contributed by atoms with Crippen molar-refractivity contribution >= 4 is 40.0 Å². The smallest absolute Gasteiger partial charge is 0.295 e. The van der Waals surface area contributed by atoms with E-state index in [-0.39, 0.29) is 11.3 Å². The van der Waals surface area contributed by atoms with Crippen LogP contribution >= 0.6 is 11.6 Å². The molecule has 3 aromatic carbocycles. The van der Waals surface area contributed by atoms with Crippen LogP contribution in [0, 0.1) is 0 Å². The summed E-state index contributed by atoms with van der Waals surface area (Å²) in [6, 6.07) is 21.0. The number of ketones is 1. The van der Waals surface area contributed by atoms with Gasteiger partial charge in [0.25, 0.3) is 11.7 Å². The third-order valence-corrected chi connectivity index (χ3v) is 6.71. The van der Waals surface area contributed by atoms with Gasteiger partial charge in [0.1, 0.15) is 11.5 Å². The normalized spacial score (nSPS) is 17.2. The number of rotatable bonds is 7. The fourth-order valence-corrected chi connectivity index (χ4v) is 4.84. The summed E-state index contributed by atoms with van der Waals surface area (Å²) in [6.45, 7) is 2.71. The van der Waals surface area contributed by atoms with Crippen LogP contribution < -0.4 is 4.74 Å². The van der Waals surface area contributed by atoms with Gasteiger partial charge in [0.15, 0.2) is 0 Å². The minimum Gasteiger partial charge on any atom is -0.507 e. The van der Waals surface area contributed by atoms with E-state index < -0.39 is 17.7 Å². The van der Waals surface area contributed by atoms with E-state index in [9.17, 15) is 14.7 Å². The number of nitrogens with one attached hydrogen (secondary N) is 1. The molecule has 2 heterocycles. The maximum absolute atomic E-state index is 13.3. The number of aliphatic hydroxyl groups is 1. The van der Waals surface area contributed by atoms with Gasteiger partial charge in [-0.15, -0.1) is 0 Å². The molecule has 0 radical (unpaired) electrons. The lowest BCUT2D eigenvalue weighted by Crippen LogP contribution is -2.31. The number of H-pyrrole nitrogens is 1. The molecule has 6 nitrogen and oxygen atoms in total. The Hall–Kier alpha value is -4.03. The predicted octanol–water partition coefficient (Wildman–Crippen LogP) is 5.88. The molecule has 5 rings (SSSR count). The van der Waals surface area contributed by atoms with Crippen molar-refractivity contribution in [1.29, 1.82) is 0 Å². The third kappa shape index (κ3) is 4.36. The number of fused-ring (bicyclic) bond motifs is 1. The van der Waals surface area contributed by atoms with E-state index >= 15 is 0 Å². The number of hydrogen-bond donors (Lipinski definition) is 2. The zero-order valence-electron chi connectivity index (χ0n) is 19.7. The maximum Gasteiger partial charge on any atom is 0.295 e. The summed E-state index contributed by atoms with van der Waals surface area (Å²) in [5.74, 6) is -0.907. The van der Waals surface area contributed by atoms with Gasteiger partial charge >= 0.3 is 0 Å². The molecule has 0 aliphatic carbocycles. The zero-order chi connectivity index (χ0) is 25.2. The number of halogens is 1. The van der Waals surface area contributed by atoms with E-state index in [4.69, 9.17) is 16.3 Å². The van der Waals surface area contributed by atoms with E-state index in [1.165, 1.54) is 4.90 Å². The molecular weight excluding hydrogens is 476 g/mol. The molecule has 1 amide bonds. The van der Waals surface area contributed by atoms with Crippen LogP contribution in [0.25, 0.3) is 16.7 Å². The zero-order valence-corrected chi connectivity index (χ0v) is 20.5. The molecule has 1 atom stereocenters. The van der Waals surface area contributed by atoms with Gasteiger partial charge in [0.05, 0.1) is 18.2 Å². The molecule has 4 aromatic rings. The average molecular weight is 501 g/mol. The Morgan fingerprint density at radius 3 is 2.47 bits per heavy atom. The third-order valence-electron chi connectivity index (χ3n) is 6.46. The monoisotopic (exact) mass is 500 g/mol. The lowest BCUT2D eigenvalue weighted by atomic mass is 9.95. The number of aromatic amines is 1. The Morgan fingerprint density at radius 2 is 1.75 bits per heavy atom. The van der Waals surface area contributed by atoms with Crippen molar-refractivity contribution in [3.63, 3.8) is 0 Å². The first-order chi connectivity index (χ1) is 17.5. The summed E-state index contributed by atoms with van der Waals surface area (Å²) >= 11 is 6.11. The molecule has 2 N–H and O–H groups in total. The highest BCUT2D eigenvalue weighted by molar-refractivity contribution is 6.46. The van der Waals surface area contributed by atoms with Gasteiger partial charge < -0.3 is 19.7 Å². The standard InChI is InChI=1S/C29H25ClN2O4/c1-2-36-22-13-9-19(10-14-22)27(33)25-26(18-7-11-21(30)12-8-18)32(29(35)28(25)34)16-15-20-17-31-24-6-4-3-5-23(20)24/h3-14,17,26,31,33H,2,15-16H2,1H3/t26-/m0/s1. The molecule has 1 aliphatic heterocycles. The first-order valence-corrected chi connectivity index (χ1v) is 12.2. The quantitative estimate of drug-likeness (QED) is 0.188. The van der Waals surface area contributed by atoms with E-state index in [1.54, 1.807) is 48.5 Å². The Kier molecular flexibility index (Phi) is 6.53. The van der Waals surface area contributed by atoms with E-state index in [1.807, 2.05) is 37.4 Å². The van der Waals surface area contributed by atoms with Crippen molar-refractivity contribution in [2.45, 2.75) is 19.4 Å². The summed E-state index contributed by atoms with van der Waals surface area (Å²) in [5, 5.41) is 12.9. The van der Waals surface area contributed by atoms with Crippen LogP contribution in [0.5, 0.6) is 5.75 Å². The van der Waals surface area contributed by atoms with Crippen LogP contribution in [0.1, 0.15) is 29.7 Å². The minimum atomic E-state index is -0.737. The van der Waals surface area contributed by atoms with Crippen molar-refractivity contribution in [3.05, 3.63) is 106 Å². The number of aromatic nitrogens is 1. The molecule has 0 spiro atoms. The highest BCUT2D eigenvalue weighted by atomic mass is 35.5. The number of nitrogens with zero attached hydrogens (tertiary/aromatic N) is 1. The number of amides is 1. The fourth-order valence-electron chi connectivity index (χ4n) is 4.71. The SMILES string of the molecule is CCOc1ccc(C(O)=C2C(=O)C(=O)N(CCc3c[nH]c4ccccc34)[C@H]2c2ccc(Cl)cc2)cc1. The van der Waals surface area contributed by atoms with E-state index in [0.29, 0.717) is 41.5 Å². The second-order valence-corrected chi connectivity index (χ2v) is 9.05. The van der Waals surface area contributed by atoms with Gasteiger partial charge in [-0.2, -0.15) is 0 Å². The largest absolute Gasteiger partial charge is 0.507 e. The summed E-state index contributed by atoms with van der Waals surface area (Å²) in [5.41, 5.74) is 3.26. The number of ether oxygens (including phenoxy) is 1. The fraction of sp³-hybridized carbons (Fsp3) is 0.172. The number of para-hydroxylation sites is 1. The van der Waals surface area contributed by atoms with Gasteiger partial charge in [-0.1, -0.05) is 41.9 Å². The van der Waals surface area contributed by atoms with Crippen LogP contribution in [-0.2, 0) is 16.0 Å². The Labute approximate surface area is 213 Å². The predicted molar refractivity (Wildman–Crippen MR) is 140 cm³/mol. The van der Waals surface area contributed by atoms with Crippen LogP contribution in [0.3, 0.4) is 0 Å². The van der Waals surface area contributed by atoms with Crippen molar-refractivity contribution < 1.29 is 19.4 Å². The van der Waals surface area contributed by atoms with Crippen molar-refractivity contribution in [1.82, 2.24) is 9.88 Å². The molecule has 7 heteroatoms. The van der Waals surface area contributed by atoms with Crippen molar-refractivity contribution in [2.75, 3.05) is 13.2 Å². The average Bonchev–Trinajstić information content (AvgIpc) is 3.42. The first-order valence-electron chi connectivity index (χ1n) is 11.8. The lowest BCUT2D eigenvalue weighted by Gasteiger charge is -2.25. The molecule has 36 heavy (non-hydrogen) atoms. The Balaban J connectivity index is 1.54. The van der Waals surface area contributed by atoms with Crippen molar-refractivity contribution in [3.8, 4) is 5.75 Å². The minimum absolute atomic E-state index is 0.0606. The molecule has 0 unspecified atom stereocenters. The molecule has 0 bridgehead atoms. The highest BCUT2D eigenvalue weighted by Gasteiger charge is 2.45. The molecule has 0 saturated carbocycles. The lowest BCUT2D eigenvalue weighted by molar-refractivity contribution is -0.139. The Bertz CT molecular complexity index is 1450. The second-order valence-electron chi connectivity index (χ2n) is 8.61. The number of Topliss-reactive ketones (excluding diaryl/α,β-unsaturated/α-hetero) is 1. The highest BCUT2D eigenvalue weighted by Crippen LogP contribution is 2.40. The Morgan fingerprint density at radius 1 is 1.03 bits per heavy atom. The number of carbonyl (C=O) groups excluding carboxylic acids is 2. The van der Waals surface area contributed by atoms with Gasteiger partial charge in [-0.3, -0.25) is 9.59 Å². The number of carbonyl (C=O) groups is 2. The number of benzene rings is 3. The number of aliphatic hydroxyl groups excluding tert-OH is 1.